The number of carboxylic acids is 1. The molecule has 1 unspecified atom stereocenters. The summed E-state index contributed by atoms with van der Waals surface area (Å²) in [6.07, 6.45) is 1.73. The van der Waals surface area contributed by atoms with Crippen LogP contribution >= 0.6 is 0 Å². The van der Waals surface area contributed by atoms with E-state index in [-0.39, 0.29) is 0 Å². The second-order valence-corrected chi connectivity index (χ2v) is 2.63. The van der Waals surface area contributed by atoms with Crippen LogP contribution in [0.15, 0.2) is 23.0 Å². The lowest BCUT2D eigenvalue weighted by atomic mass is 10.0. The molecule has 0 amide bonds. The molecule has 0 radical (unpaired) electrons. The van der Waals surface area contributed by atoms with E-state index in [1.54, 1.807) is 6.07 Å². The number of aliphatic hydroxyl groups is 1. The lowest BCUT2D eigenvalue weighted by molar-refractivity contribution is -0.145. The van der Waals surface area contributed by atoms with Crippen molar-refractivity contribution in [2.45, 2.75) is 13.0 Å². The first-order chi connectivity index (χ1) is 5.63. The van der Waals surface area contributed by atoms with Crippen molar-refractivity contribution in [3.8, 4) is 0 Å². The SMILES string of the molecule is C[C@H](C(=O)O)C(O)c1ccoc1. The Bertz CT molecular complexity index is 252. The van der Waals surface area contributed by atoms with Crippen LogP contribution in [0.4, 0.5) is 0 Å². The fourth-order valence-electron chi connectivity index (χ4n) is 0.867. The largest absolute Gasteiger partial charge is 0.481 e. The highest BCUT2D eigenvalue weighted by Gasteiger charge is 2.23. The third-order valence-electron chi connectivity index (χ3n) is 1.75. The number of furan rings is 1. The van der Waals surface area contributed by atoms with E-state index in [9.17, 15) is 9.90 Å². The van der Waals surface area contributed by atoms with Crippen molar-refractivity contribution in [1.29, 1.82) is 0 Å². The highest BCUT2D eigenvalue weighted by atomic mass is 16.4. The van der Waals surface area contributed by atoms with Crippen LogP contribution in [0.25, 0.3) is 0 Å². The van der Waals surface area contributed by atoms with Crippen LogP contribution in [0.1, 0.15) is 18.6 Å². The fraction of sp³-hybridized carbons (Fsp3) is 0.375. The summed E-state index contributed by atoms with van der Waals surface area (Å²) in [5, 5.41) is 18.0. The van der Waals surface area contributed by atoms with Gasteiger partial charge in [0.2, 0.25) is 0 Å². The summed E-state index contributed by atoms with van der Waals surface area (Å²) in [4.78, 5) is 10.4. The zero-order valence-electron chi connectivity index (χ0n) is 6.60. The zero-order chi connectivity index (χ0) is 9.14. The predicted molar refractivity (Wildman–Crippen MR) is 40.5 cm³/mol. The molecule has 4 heteroatoms. The minimum absolute atomic E-state index is 0.491. The summed E-state index contributed by atoms with van der Waals surface area (Å²) in [5.41, 5.74) is 0.491. The Morgan fingerprint density at radius 2 is 2.33 bits per heavy atom. The highest BCUT2D eigenvalue weighted by molar-refractivity contribution is 5.70. The molecule has 4 nitrogen and oxygen atoms in total. The lowest BCUT2D eigenvalue weighted by Gasteiger charge is -2.11. The molecule has 66 valence electrons. The molecular weight excluding hydrogens is 160 g/mol. The molecule has 0 aliphatic heterocycles. The summed E-state index contributed by atoms with van der Waals surface area (Å²) < 4.78 is 4.71. The molecule has 0 aromatic carbocycles. The van der Waals surface area contributed by atoms with Gasteiger partial charge in [-0.25, -0.2) is 0 Å². The number of hydrogen-bond acceptors (Lipinski definition) is 3. The smallest absolute Gasteiger partial charge is 0.309 e. The average molecular weight is 170 g/mol. The van der Waals surface area contributed by atoms with Crippen molar-refractivity contribution in [1.82, 2.24) is 0 Å². The number of carbonyl (C=O) groups is 1. The average Bonchev–Trinajstić information content (AvgIpc) is 2.53. The van der Waals surface area contributed by atoms with Gasteiger partial charge in [0.1, 0.15) is 0 Å². The van der Waals surface area contributed by atoms with Gasteiger partial charge < -0.3 is 14.6 Å². The maximum atomic E-state index is 10.4. The molecule has 0 saturated heterocycles. The fourth-order valence-corrected chi connectivity index (χ4v) is 0.867. The molecule has 0 saturated carbocycles. The van der Waals surface area contributed by atoms with Gasteiger partial charge in [0, 0.05) is 5.56 Å². The summed E-state index contributed by atoms with van der Waals surface area (Å²) in [6.45, 7) is 1.44. The quantitative estimate of drug-likeness (QED) is 0.710. The van der Waals surface area contributed by atoms with E-state index in [1.807, 2.05) is 0 Å². The van der Waals surface area contributed by atoms with E-state index in [4.69, 9.17) is 9.52 Å². The molecule has 1 aromatic rings. The van der Waals surface area contributed by atoms with Crippen LogP contribution in [-0.2, 0) is 4.79 Å². The van der Waals surface area contributed by atoms with Crippen molar-refractivity contribution in [3.05, 3.63) is 24.2 Å². The third kappa shape index (κ3) is 1.65. The van der Waals surface area contributed by atoms with E-state index in [0.29, 0.717) is 5.56 Å². The van der Waals surface area contributed by atoms with Gasteiger partial charge in [-0.15, -0.1) is 0 Å². The Kier molecular flexibility index (Phi) is 2.50. The molecule has 0 bridgehead atoms. The minimum atomic E-state index is -1.02. The second kappa shape index (κ2) is 3.40. The van der Waals surface area contributed by atoms with Crippen LogP contribution < -0.4 is 0 Å². The summed E-state index contributed by atoms with van der Waals surface area (Å²) >= 11 is 0. The second-order valence-electron chi connectivity index (χ2n) is 2.63. The van der Waals surface area contributed by atoms with Crippen molar-refractivity contribution < 1.29 is 19.4 Å². The van der Waals surface area contributed by atoms with E-state index < -0.39 is 18.0 Å². The Morgan fingerprint density at radius 1 is 1.67 bits per heavy atom. The van der Waals surface area contributed by atoms with Crippen molar-refractivity contribution >= 4 is 5.97 Å². The normalized spacial score (nSPS) is 15.5. The van der Waals surface area contributed by atoms with E-state index in [2.05, 4.69) is 0 Å². The van der Waals surface area contributed by atoms with Crippen molar-refractivity contribution in [2.24, 2.45) is 5.92 Å². The van der Waals surface area contributed by atoms with Gasteiger partial charge in [-0.1, -0.05) is 0 Å². The zero-order valence-corrected chi connectivity index (χ0v) is 6.60. The van der Waals surface area contributed by atoms with Gasteiger partial charge in [0.25, 0.3) is 0 Å². The van der Waals surface area contributed by atoms with Gasteiger partial charge in [-0.3, -0.25) is 4.79 Å². The van der Waals surface area contributed by atoms with Gasteiger partial charge >= 0.3 is 5.97 Å². The molecule has 0 spiro atoms. The Morgan fingerprint density at radius 3 is 2.75 bits per heavy atom. The number of aliphatic hydroxyl groups excluding tert-OH is 1. The van der Waals surface area contributed by atoms with Gasteiger partial charge in [-0.2, -0.15) is 0 Å². The molecule has 1 heterocycles. The number of aliphatic carboxylic acids is 1. The van der Waals surface area contributed by atoms with Crippen LogP contribution in [0.2, 0.25) is 0 Å². The molecule has 2 atom stereocenters. The standard InChI is InChI=1S/C8H10O4/c1-5(8(10)11)7(9)6-2-3-12-4-6/h2-5,7,9H,1H3,(H,10,11)/t5-,7?/m0/s1. The van der Waals surface area contributed by atoms with Crippen LogP contribution in [0.3, 0.4) is 0 Å². The number of hydrogen-bond donors (Lipinski definition) is 2. The van der Waals surface area contributed by atoms with E-state index in [1.165, 1.54) is 19.5 Å². The molecule has 0 aliphatic carbocycles. The Labute approximate surface area is 69.4 Å². The Hall–Kier alpha value is -1.29. The topological polar surface area (TPSA) is 70.7 Å². The summed E-state index contributed by atoms with van der Waals surface area (Å²) in [6, 6.07) is 1.55. The summed E-state index contributed by atoms with van der Waals surface area (Å²) in [7, 11) is 0. The van der Waals surface area contributed by atoms with Crippen molar-refractivity contribution in [2.75, 3.05) is 0 Å². The van der Waals surface area contributed by atoms with E-state index >= 15 is 0 Å². The first kappa shape index (κ1) is 8.80. The van der Waals surface area contributed by atoms with Crippen LogP contribution in [0.5, 0.6) is 0 Å². The molecule has 1 aromatic heterocycles. The molecule has 1 rings (SSSR count). The minimum Gasteiger partial charge on any atom is -0.481 e. The van der Waals surface area contributed by atoms with E-state index in [0.717, 1.165) is 0 Å². The number of carboxylic acid groups (broad SMARTS) is 1. The third-order valence-corrected chi connectivity index (χ3v) is 1.75. The van der Waals surface area contributed by atoms with Gasteiger partial charge in [0.05, 0.1) is 24.5 Å². The van der Waals surface area contributed by atoms with Crippen LogP contribution in [0, 0.1) is 5.92 Å². The molecule has 12 heavy (non-hydrogen) atoms. The molecule has 2 N–H and O–H groups in total. The predicted octanol–water partition coefficient (Wildman–Crippen LogP) is 1.03. The Balaban J connectivity index is 2.71. The van der Waals surface area contributed by atoms with Crippen LogP contribution in [-0.4, -0.2) is 16.2 Å². The first-order valence-electron chi connectivity index (χ1n) is 3.56. The first-order valence-corrected chi connectivity index (χ1v) is 3.56. The molecular formula is C8H10O4. The maximum Gasteiger partial charge on any atom is 0.309 e. The highest BCUT2D eigenvalue weighted by Crippen LogP contribution is 2.21. The lowest BCUT2D eigenvalue weighted by Crippen LogP contribution is -2.18. The molecule has 0 fully saturated rings. The summed E-state index contributed by atoms with van der Waals surface area (Å²) in [5.74, 6) is -1.84. The molecule has 0 aliphatic rings. The monoisotopic (exact) mass is 170 g/mol. The number of rotatable bonds is 3. The van der Waals surface area contributed by atoms with Crippen molar-refractivity contribution in [3.63, 3.8) is 0 Å². The van der Waals surface area contributed by atoms with Gasteiger partial charge in [0.15, 0.2) is 0 Å². The maximum absolute atomic E-state index is 10.4. The van der Waals surface area contributed by atoms with Gasteiger partial charge in [-0.05, 0) is 13.0 Å².